The lowest BCUT2D eigenvalue weighted by Gasteiger charge is -2.28. The molecule has 0 aliphatic carbocycles. The minimum atomic E-state index is -3.02. The molecule has 1 aliphatic rings. The molecule has 1 rings (SSSR count). The summed E-state index contributed by atoms with van der Waals surface area (Å²) in [4.78, 5) is 13.7. The van der Waals surface area contributed by atoms with Crippen LogP contribution in [-0.4, -0.2) is 67.6 Å². The summed E-state index contributed by atoms with van der Waals surface area (Å²) in [6, 6.07) is -0.227. The quantitative estimate of drug-likeness (QED) is 0.653. The Morgan fingerprint density at radius 2 is 2.21 bits per heavy atom. The zero-order chi connectivity index (χ0) is 14.5. The molecule has 1 aliphatic heterocycles. The first-order valence-corrected chi connectivity index (χ1v) is 8.56. The van der Waals surface area contributed by atoms with Crippen molar-refractivity contribution in [1.82, 2.24) is 10.2 Å². The maximum absolute atomic E-state index is 12.2. The molecule has 7 heteroatoms. The highest BCUT2D eigenvalue weighted by atomic mass is 32.2. The third-order valence-corrected chi connectivity index (χ3v) is 5.09. The number of hydrogen-bond acceptors (Lipinski definition) is 5. The Balaban J connectivity index is 2.64. The van der Waals surface area contributed by atoms with Gasteiger partial charge in [0, 0.05) is 25.0 Å². The van der Waals surface area contributed by atoms with Crippen LogP contribution in [0, 0.1) is 0 Å². The van der Waals surface area contributed by atoms with Gasteiger partial charge in [0.15, 0.2) is 9.84 Å². The predicted molar refractivity (Wildman–Crippen MR) is 73.6 cm³/mol. The molecule has 1 heterocycles. The van der Waals surface area contributed by atoms with E-state index in [-0.39, 0.29) is 42.6 Å². The molecule has 112 valence electrons. The van der Waals surface area contributed by atoms with Crippen molar-refractivity contribution >= 4 is 15.7 Å². The van der Waals surface area contributed by atoms with Gasteiger partial charge in [0.2, 0.25) is 5.91 Å². The molecule has 0 saturated carbocycles. The summed E-state index contributed by atoms with van der Waals surface area (Å²) in [6.07, 6.45) is 0.800. The van der Waals surface area contributed by atoms with Crippen molar-refractivity contribution in [2.24, 2.45) is 0 Å². The largest absolute Gasteiger partial charge is 0.395 e. The second-order valence-electron chi connectivity index (χ2n) is 5.03. The smallest absolute Gasteiger partial charge is 0.224 e. The number of amides is 1. The Bertz CT molecular complexity index is 397. The molecule has 2 N–H and O–H groups in total. The fraction of sp³-hybridized carbons (Fsp3) is 0.917. The highest BCUT2D eigenvalue weighted by Gasteiger charge is 2.34. The van der Waals surface area contributed by atoms with E-state index in [1.165, 1.54) is 4.90 Å². The summed E-state index contributed by atoms with van der Waals surface area (Å²) >= 11 is 0. The maximum Gasteiger partial charge on any atom is 0.224 e. The van der Waals surface area contributed by atoms with Crippen molar-refractivity contribution in [2.75, 3.05) is 31.2 Å². The number of nitrogens with zero attached hydrogens (tertiary/aromatic N) is 1. The van der Waals surface area contributed by atoms with Crippen LogP contribution in [-0.2, 0) is 14.6 Å². The van der Waals surface area contributed by atoms with Crippen molar-refractivity contribution < 1.29 is 18.3 Å². The van der Waals surface area contributed by atoms with Crippen molar-refractivity contribution in [2.45, 2.75) is 38.8 Å². The van der Waals surface area contributed by atoms with E-state index in [0.717, 1.165) is 6.54 Å². The van der Waals surface area contributed by atoms with Gasteiger partial charge in [0.25, 0.3) is 0 Å². The van der Waals surface area contributed by atoms with Gasteiger partial charge in [0.1, 0.15) is 0 Å². The van der Waals surface area contributed by atoms with Gasteiger partial charge < -0.3 is 15.3 Å². The van der Waals surface area contributed by atoms with Crippen LogP contribution >= 0.6 is 0 Å². The van der Waals surface area contributed by atoms with E-state index in [2.05, 4.69) is 5.32 Å². The van der Waals surface area contributed by atoms with Crippen LogP contribution in [0.25, 0.3) is 0 Å². The molecule has 2 atom stereocenters. The van der Waals surface area contributed by atoms with Crippen molar-refractivity contribution in [1.29, 1.82) is 0 Å². The van der Waals surface area contributed by atoms with Crippen LogP contribution in [0.15, 0.2) is 0 Å². The molecule has 19 heavy (non-hydrogen) atoms. The summed E-state index contributed by atoms with van der Waals surface area (Å²) in [7, 11) is -3.02. The average Bonchev–Trinajstić information content (AvgIpc) is 2.66. The first-order valence-electron chi connectivity index (χ1n) is 6.73. The lowest BCUT2D eigenvalue weighted by molar-refractivity contribution is -0.134. The zero-order valence-electron chi connectivity index (χ0n) is 11.6. The van der Waals surface area contributed by atoms with Gasteiger partial charge in [-0.05, 0) is 19.9 Å². The number of hydrogen-bond donors (Lipinski definition) is 2. The Morgan fingerprint density at radius 3 is 2.68 bits per heavy atom. The van der Waals surface area contributed by atoms with Crippen molar-refractivity contribution in [3.05, 3.63) is 0 Å². The second-order valence-corrected chi connectivity index (χ2v) is 7.26. The summed E-state index contributed by atoms with van der Waals surface area (Å²) in [5.41, 5.74) is 0. The van der Waals surface area contributed by atoms with Crippen LogP contribution in [0.1, 0.15) is 26.7 Å². The van der Waals surface area contributed by atoms with E-state index in [9.17, 15) is 13.2 Å². The van der Waals surface area contributed by atoms with E-state index in [1.54, 1.807) is 0 Å². The minimum absolute atomic E-state index is 0.0222. The van der Waals surface area contributed by atoms with Crippen molar-refractivity contribution in [3.8, 4) is 0 Å². The summed E-state index contributed by atoms with van der Waals surface area (Å²) in [5, 5.41) is 12.2. The molecule has 6 nitrogen and oxygen atoms in total. The fourth-order valence-corrected chi connectivity index (χ4v) is 4.17. The Morgan fingerprint density at radius 1 is 1.53 bits per heavy atom. The average molecular weight is 292 g/mol. The summed E-state index contributed by atoms with van der Waals surface area (Å²) in [5.74, 6) is 0.0637. The van der Waals surface area contributed by atoms with Crippen LogP contribution in [0.5, 0.6) is 0 Å². The van der Waals surface area contributed by atoms with Gasteiger partial charge in [-0.25, -0.2) is 8.42 Å². The van der Waals surface area contributed by atoms with Gasteiger partial charge in [0.05, 0.1) is 18.1 Å². The monoisotopic (exact) mass is 292 g/mol. The number of rotatable bonds is 7. The molecule has 2 unspecified atom stereocenters. The van der Waals surface area contributed by atoms with Gasteiger partial charge >= 0.3 is 0 Å². The molecule has 0 radical (unpaired) electrons. The molecule has 1 saturated heterocycles. The molecule has 1 fully saturated rings. The van der Waals surface area contributed by atoms with E-state index in [0.29, 0.717) is 12.8 Å². The van der Waals surface area contributed by atoms with E-state index in [1.807, 2.05) is 13.8 Å². The first-order chi connectivity index (χ1) is 8.89. The van der Waals surface area contributed by atoms with Gasteiger partial charge in [-0.1, -0.05) is 6.92 Å². The standard InChI is InChI=1S/C12H24N2O4S/c1-3-13-10(2)8-12(16)14(5-6-15)11-4-7-19(17,18)9-11/h10-11,13,15H,3-9H2,1-2H3. The van der Waals surface area contributed by atoms with E-state index >= 15 is 0 Å². The number of carbonyl (C=O) groups is 1. The van der Waals surface area contributed by atoms with Gasteiger partial charge in [-0.3, -0.25) is 4.79 Å². The third-order valence-electron chi connectivity index (χ3n) is 3.34. The highest BCUT2D eigenvalue weighted by Crippen LogP contribution is 2.18. The Hall–Kier alpha value is -0.660. The molecule has 0 bridgehead atoms. The lowest BCUT2D eigenvalue weighted by Crippen LogP contribution is -2.45. The highest BCUT2D eigenvalue weighted by molar-refractivity contribution is 7.91. The van der Waals surface area contributed by atoms with Crippen LogP contribution in [0.2, 0.25) is 0 Å². The molecule has 0 aromatic rings. The van der Waals surface area contributed by atoms with Gasteiger partial charge in [-0.15, -0.1) is 0 Å². The van der Waals surface area contributed by atoms with Crippen LogP contribution in [0.4, 0.5) is 0 Å². The second kappa shape index (κ2) is 7.21. The number of carbonyl (C=O) groups excluding carboxylic acids is 1. The van der Waals surface area contributed by atoms with E-state index < -0.39 is 9.84 Å². The molecular formula is C12H24N2O4S. The maximum atomic E-state index is 12.2. The topological polar surface area (TPSA) is 86.7 Å². The van der Waals surface area contributed by atoms with Crippen LogP contribution < -0.4 is 5.32 Å². The molecular weight excluding hydrogens is 268 g/mol. The lowest BCUT2D eigenvalue weighted by atomic mass is 10.1. The predicted octanol–water partition coefficient (Wildman–Crippen LogP) is -0.617. The Kier molecular flexibility index (Phi) is 6.22. The number of aliphatic hydroxyl groups excluding tert-OH is 1. The molecule has 0 aromatic carbocycles. The molecule has 0 spiro atoms. The fourth-order valence-electron chi connectivity index (χ4n) is 2.44. The first kappa shape index (κ1) is 16.4. The van der Waals surface area contributed by atoms with Crippen LogP contribution in [0.3, 0.4) is 0 Å². The van der Waals surface area contributed by atoms with Gasteiger partial charge in [-0.2, -0.15) is 0 Å². The normalized spacial score (nSPS) is 23.2. The van der Waals surface area contributed by atoms with E-state index in [4.69, 9.17) is 5.11 Å². The Labute approximate surface area is 115 Å². The molecule has 1 amide bonds. The van der Waals surface area contributed by atoms with Crippen molar-refractivity contribution in [3.63, 3.8) is 0 Å². The number of nitrogens with one attached hydrogen (secondary N) is 1. The SMILES string of the molecule is CCNC(C)CC(=O)N(CCO)C1CCS(=O)(=O)C1. The summed E-state index contributed by atoms with van der Waals surface area (Å²) in [6.45, 7) is 4.74. The zero-order valence-corrected chi connectivity index (χ0v) is 12.4. The number of sulfone groups is 1. The summed E-state index contributed by atoms with van der Waals surface area (Å²) < 4.78 is 23.0. The number of aliphatic hydroxyl groups is 1. The molecule has 0 aromatic heterocycles. The minimum Gasteiger partial charge on any atom is -0.395 e. The third kappa shape index (κ3) is 5.08.